The van der Waals surface area contributed by atoms with Crippen LogP contribution in [-0.2, 0) is 0 Å². The molecule has 0 radical (unpaired) electrons. The van der Waals surface area contributed by atoms with E-state index in [1.807, 2.05) is 6.07 Å². The molecule has 0 saturated carbocycles. The Balaban J connectivity index is 1.91. The van der Waals surface area contributed by atoms with E-state index in [1.54, 1.807) is 24.1 Å². The molecular formula is C15H17NO4. The summed E-state index contributed by atoms with van der Waals surface area (Å²) in [6.45, 7) is 5.06. The summed E-state index contributed by atoms with van der Waals surface area (Å²) in [6.07, 6.45) is 0. The first kappa shape index (κ1) is 12.8. The highest BCUT2D eigenvalue weighted by Gasteiger charge is 2.20. The van der Waals surface area contributed by atoms with Crippen LogP contribution in [0.15, 0.2) is 22.6 Å². The molecule has 0 fully saturated rings. The van der Waals surface area contributed by atoms with Gasteiger partial charge in [0.15, 0.2) is 17.3 Å². The molecule has 1 aliphatic rings. The zero-order valence-electron chi connectivity index (χ0n) is 11.8. The lowest BCUT2D eigenvalue weighted by molar-refractivity contribution is 0.0750. The molecular weight excluding hydrogens is 258 g/mol. The molecule has 0 unspecified atom stereocenters. The number of rotatable bonds is 3. The maximum Gasteiger partial charge on any atom is 0.289 e. The van der Waals surface area contributed by atoms with Crippen molar-refractivity contribution >= 4 is 16.9 Å². The zero-order valence-corrected chi connectivity index (χ0v) is 11.8. The molecule has 20 heavy (non-hydrogen) atoms. The van der Waals surface area contributed by atoms with Crippen LogP contribution < -0.4 is 9.47 Å². The Morgan fingerprint density at radius 1 is 1.25 bits per heavy atom. The van der Waals surface area contributed by atoms with Gasteiger partial charge in [-0.05, 0) is 18.1 Å². The van der Waals surface area contributed by atoms with Crippen molar-refractivity contribution in [1.82, 2.24) is 4.90 Å². The van der Waals surface area contributed by atoms with Crippen molar-refractivity contribution in [3.05, 3.63) is 24.0 Å². The van der Waals surface area contributed by atoms with E-state index in [-0.39, 0.29) is 12.7 Å². The molecule has 0 N–H and O–H groups in total. The number of hydrogen-bond acceptors (Lipinski definition) is 4. The van der Waals surface area contributed by atoms with Crippen LogP contribution in [0.1, 0.15) is 24.4 Å². The topological polar surface area (TPSA) is 51.9 Å². The normalized spacial score (nSPS) is 13.2. The average Bonchev–Trinajstić information content (AvgIpc) is 2.98. The van der Waals surface area contributed by atoms with Crippen LogP contribution in [0.4, 0.5) is 0 Å². The summed E-state index contributed by atoms with van der Waals surface area (Å²) >= 11 is 0. The maximum atomic E-state index is 12.3. The molecule has 106 valence electrons. The molecule has 0 saturated heterocycles. The summed E-state index contributed by atoms with van der Waals surface area (Å²) in [5.41, 5.74) is 0.635. The Hall–Kier alpha value is -2.17. The monoisotopic (exact) mass is 275 g/mol. The number of fused-ring (bicyclic) bond motifs is 2. The van der Waals surface area contributed by atoms with E-state index in [0.717, 1.165) is 5.39 Å². The molecule has 2 heterocycles. The molecule has 1 aromatic carbocycles. The van der Waals surface area contributed by atoms with Crippen LogP contribution in [0.2, 0.25) is 0 Å². The van der Waals surface area contributed by atoms with Gasteiger partial charge in [-0.1, -0.05) is 13.8 Å². The number of benzene rings is 1. The molecule has 1 aromatic heterocycles. The number of amides is 1. The number of carbonyl (C=O) groups excluding carboxylic acids is 1. The SMILES string of the molecule is CC(C)CN(C)C(=O)c1cc2cc3c(cc2o1)OCO3. The zero-order chi connectivity index (χ0) is 14.3. The molecule has 2 aromatic rings. The Labute approximate surface area is 117 Å². The molecule has 0 atom stereocenters. The molecule has 1 aliphatic heterocycles. The Morgan fingerprint density at radius 2 is 1.95 bits per heavy atom. The second kappa shape index (κ2) is 4.74. The minimum atomic E-state index is -0.114. The lowest BCUT2D eigenvalue weighted by atomic mass is 10.2. The summed E-state index contributed by atoms with van der Waals surface area (Å²) in [5, 5.41) is 0.843. The molecule has 0 aliphatic carbocycles. The van der Waals surface area contributed by atoms with E-state index >= 15 is 0 Å². The molecule has 3 rings (SSSR count). The fraction of sp³-hybridized carbons (Fsp3) is 0.400. The summed E-state index contributed by atoms with van der Waals surface area (Å²) in [5.74, 6) is 1.98. The minimum Gasteiger partial charge on any atom is -0.454 e. The quantitative estimate of drug-likeness (QED) is 0.864. The van der Waals surface area contributed by atoms with Gasteiger partial charge in [0.1, 0.15) is 5.58 Å². The second-order valence-corrected chi connectivity index (χ2v) is 5.43. The fourth-order valence-electron chi connectivity index (χ4n) is 2.35. The number of carbonyl (C=O) groups is 1. The second-order valence-electron chi connectivity index (χ2n) is 5.43. The number of ether oxygens (including phenoxy) is 2. The van der Waals surface area contributed by atoms with Crippen molar-refractivity contribution < 1.29 is 18.7 Å². The highest BCUT2D eigenvalue weighted by Crippen LogP contribution is 2.37. The van der Waals surface area contributed by atoms with Gasteiger partial charge < -0.3 is 18.8 Å². The third kappa shape index (κ3) is 2.19. The minimum absolute atomic E-state index is 0.114. The van der Waals surface area contributed by atoms with Crippen LogP contribution in [0.5, 0.6) is 11.5 Å². The number of hydrogen-bond donors (Lipinski definition) is 0. The van der Waals surface area contributed by atoms with Crippen LogP contribution in [-0.4, -0.2) is 31.2 Å². The van der Waals surface area contributed by atoms with Gasteiger partial charge in [-0.2, -0.15) is 0 Å². The maximum absolute atomic E-state index is 12.3. The Kier molecular flexibility index (Phi) is 3.04. The van der Waals surface area contributed by atoms with Crippen molar-refractivity contribution in [3.8, 4) is 11.5 Å². The first-order valence-corrected chi connectivity index (χ1v) is 6.63. The third-order valence-electron chi connectivity index (χ3n) is 3.21. The smallest absolute Gasteiger partial charge is 0.289 e. The average molecular weight is 275 g/mol. The molecule has 5 nitrogen and oxygen atoms in total. The van der Waals surface area contributed by atoms with Crippen molar-refractivity contribution in [3.63, 3.8) is 0 Å². The standard InChI is InChI=1S/C15H17NO4/c1-9(2)7-16(3)15(17)14-5-10-4-12-13(19-8-18-12)6-11(10)20-14/h4-6,9H,7-8H2,1-3H3. The van der Waals surface area contributed by atoms with Crippen molar-refractivity contribution in [2.24, 2.45) is 5.92 Å². The van der Waals surface area contributed by atoms with Crippen molar-refractivity contribution in [2.75, 3.05) is 20.4 Å². The van der Waals surface area contributed by atoms with Gasteiger partial charge in [0.05, 0.1) is 0 Å². The van der Waals surface area contributed by atoms with Gasteiger partial charge >= 0.3 is 0 Å². The third-order valence-corrected chi connectivity index (χ3v) is 3.21. The van der Waals surface area contributed by atoms with Gasteiger partial charge in [0.2, 0.25) is 6.79 Å². The van der Waals surface area contributed by atoms with Crippen LogP contribution in [0.3, 0.4) is 0 Å². The van der Waals surface area contributed by atoms with E-state index in [1.165, 1.54) is 0 Å². The molecule has 0 bridgehead atoms. The van der Waals surface area contributed by atoms with Gasteiger partial charge in [0.25, 0.3) is 5.91 Å². The fourth-order valence-corrected chi connectivity index (χ4v) is 2.35. The van der Waals surface area contributed by atoms with Gasteiger partial charge in [-0.3, -0.25) is 4.79 Å². The van der Waals surface area contributed by atoms with Crippen molar-refractivity contribution in [2.45, 2.75) is 13.8 Å². The lowest BCUT2D eigenvalue weighted by Gasteiger charge is -2.17. The number of nitrogens with zero attached hydrogens (tertiary/aromatic N) is 1. The predicted octanol–water partition coefficient (Wildman–Crippen LogP) is 2.89. The summed E-state index contributed by atoms with van der Waals surface area (Å²) < 4.78 is 16.2. The van der Waals surface area contributed by atoms with Crippen LogP contribution in [0.25, 0.3) is 11.0 Å². The van der Waals surface area contributed by atoms with Gasteiger partial charge in [0, 0.05) is 25.0 Å². The van der Waals surface area contributed by atoms with Gasteiger partial charge in [-0.15, -0.1) is 0 Å². The predicted molar refractivity (Wildman–Crippen MR) is 74.1 cm³/mol. The van der Waals surface area contributed by atoms with E-state index in [4.69, 9.17) is 13.9 Å². The summed E-state index contributed by atoms with van der Waals surface area (Å²) in [4.78, 5) is 13.9. The van der Waals surface area contributed by atoms with Crippen LogP contribution >= 0.6 is 0 Å². The van der Waals surface area contributed by atoms with Crippen molar-refractivity contribution in [1.29, 1.82) is 0 Å². The highest BCUT2D eigenvalue weighted by molar-refractivity contribution is 5.96. The molecule has 5 heteroatoms. The Bertz CT molecular complexity index is 618. The van der Waals surface area contributed by atoms with E-state index in [9.17, 15) is 4.79 Å². The molecule has 1 amide bonds. The highest BCUT2D eigenvalue weighted by atomic mass is 16.7. The first-order chi connectivity index (χ1) is 9.54. The largest absolute Gasteiger partial charge is 0.454 e. The number of furan rings is 1. The summed E-state index contributed by atoms with van der Waals surface area (Å²) in [6, 6.07) is 5.34. The van der Waals surface area contributed by atoms with E-state index in [0.29, 0.717) is 35.3 Å². The summed E-state index contributed by atoms with van der Waals surface area (Å²) in [7, 11) is 1.78. The first-order valence-electron chi connectivity index (χ1n) is 6.63. The lowest BCUT2D eigenvalue weighted by Crippen LogP contribution is -2.29. The van der Waals surface area contributed by atoms with Crippen LogP contribution in [0, 0.1) is 5.92 Å². The van der Waals surface area contributed by atoms with E-state index < -0.39 is 0 Å². The van der Waals surface area contributed by atoms with E-state index in [2.05, 4.69) is 13.8 Å². The molecule has 0 spiro atoms. The van der Waals surface area contributed by atoms with Gasteiger partial charge in [-0.25, -0.2) is 0 Å². The Morgan fingerprint density at radius 3 is 2.65 bits per heavy atom.